The highest BCUT2D eigenvalue weighted by molar-refractivity contribution is 5.96. The molecule has 0 saturated carbocycles. The number of carbonyl (C=O) groups is 1. The summed E-state index contributed by atoms with van der Waals surface area (Å²) in [6, 6.07) is 1.69. The van der Waals surface area contributed by atoms with E-state index in [0.29, 0.717) is 11.3 Å². The molecule has 0 bridgehead atoms. The summed E-state index contributed by atoms with van der Waals surface area (Å²) in [5.74, 6) is -0.475. The minimum atomic E-state index is -0.475. The lowest BCUT2D eigenvalue weighted by atomic mass is 10.3. The van der Waals surface area contributed by atoms with Crippen LogP contribution >= 0.6 is 0 Å². The maximum Gasteiger partial charge on any atom is 0.343 e. The first-order valence-electron chi connectivity index (χ1n) is 5.37. The summed E-state index contributed by atoms with van der Waals surface area (Å²) in [5.41, 5.74) is 1.87. The molecule has 0 aromatic carbocycles. The van der Waals surface area contributed by atoms with Crippen molar-refractivity contribution in [3.8, 4) is 0 Å². The van der Waals surface area contributed by atoms with Gasteiger partial charge in [0.15, 0.2) is 5.65 Å². The van der Waals surface area contributed by atoms with Crippen molar-refractivity contribution >= 4 is 17.8 Å². The van der Waals surface area contributed by atoms with Gasteiger partial charge in [-0.15, -0.1) is 0 Å². The Morgan fingerprint density at radius 3 is 3.11 bits per heavy atom. The third kappa shape index (κ3) is 2.02. The quantitative estimate of drug-likeness (QED) is 0.379. The van der Waals surface area contributed by atoms with Crippen LogP contribution in [0.1, 0.15) is 28.7 Å². The van der Waals surface area contributed by atoms with Crippen LogP contribution in [0.15, 0.2) is 17.4 Å². The van der Waals surface area contributed by atoms with Crippen molar-refractivity contribution in [3.05, 3.63) is 29.2 Å². The summed E-state index contributed by atoms with van der Waals surface area (Å²) in [4.78, 5) is 15.9. The molecule has 0 saturated heterocycles. The van der Waals surface area contributed by atoms with Gasteiger partial charge in [0.05, 0.1) is 24.7 Å². The van der Waals surface area contributed by atoms with Crippen LogP contribution < -0.4 is 0 Å². The number of ether oxygens (including phenoxy) is 1. The number of hydrogen-bond acceptors (Lipinski definition) is 6. The number of rotatable bonds is 3. The highest BCUT2D eigenvalue weighted by Crippen LogP contribution is 2.12. The average Bonchev–Trinajstić information content (AvgIpc) is 2.74. The number of aryl methyl sites for hydroxylation is 1. The van der Waals surface area contributed by atoms with Crippen LogP contribution in [0.5, 0.6) is 0 Å². The number of esters is 1. The third-order valence-electron chi connectivity index (χ3n) is 2.36. The van der Waals surface area contributed by atoms with Crippen molar-refractivity contribution in [2.45, 2.75) is 13.8 Å². The highest BCUT2D eigenvalue weighted by atomic mass is 16.5. The minimum absolute atomic E-state index is 0.285. The summed E-state index contributed by atoms with van der Waals surface area (Å²) in [6.45, 7) is 3.82. The fourth-order valence-electron chi connectivity index (χ4n) is 1.62. The smallest absolute Gasteiger partial charge is 0.343 e. The van der Waals surface area contributed by atoms with Crippen molar-refractivity contribution < 1.29 is 14.7 Å². The Morgan fingerprint density at radius 2 is 2.44 bits per heavy atom. The minimum Gasteiger partial charge on any atom is -0.462 e. The fraction of sp³-hybridized carbons (Fsp3) is 0.273. The number of nitrogens with zero attached hydrogens (tertiary/aromatic N) is 4. The van der Waals surface area contributed by atoms with Crippen molar-refractivity contribution in [1.82, 2.24) is 14.6 Å². The van der Waals surface area contributed by atoms with E-state index in [1.54, 1.807) is 13.0 Å². The zero-order valence-electron chi connectivity index (χ0n) is 9.99. The lowest BCUT2D eigenvalue weighted by Gasteiger charge is -2.02. The molecule has 0 unspecified atom stereocenters. The molecule has 0 fully saturated rings. The maximum atomic E-state index is 11.7. The summed E-state index contributed by atoms with van der Waals surface area (Å²) in [5, 5.41) is 15.5. The predicted octanol–water partition coefficient (Wildman–Crippen LogP) is 1.02. The van der Waals surface area contributed by atoms with Crippen LogP contribution in [-0.4, -0.2) is 38.6 Å². The lowest BCUT2D eigenvalue weighted by Crippen LogP contribution is -2.06. The van der Waals surface area contributed by atoms with Crippen molar-refractivity contribution in [2.24, 2.45) is 5.16 Å². The molecular formula is C11H12N4O3. The van der Waals surface area contributed by atoms with E-state index < -0.39 is 5.97 Å². The average molecular weight is 248 g/mol. The lowest BCUT2D eigenvalue weighted by molar-refractivity contribution is 0.0528. The molecule has 2 aromatic heterocycles. The second-order valence-electron chi connectivity index (χ2n) is 3.58. The Labute approximate surface area is 103 Å². The Hall–Kier alpha value is -2.44. The second kappa shape index (κ2) is 4.82. The predicted molar refractivity (Wildman–Crippen MR) is 63.1 cm³/mol. The topological polar surface area (TPSA) is 89.1 Å². The van der Waals surface area contributed by atoms with Gasteiger partial charge in [0, 0.05) is 5.69 Å². The number of fused-ring (bicyclic) bond motifs is 1. The van der Waals surface area contributed by atoms with Gasteiger partial charge in [0.1, 0.15) is 5.56 Å². The standard InChI is InChI=1S/C11H12N4O3/c1-3-18-11(16)9-6-12-15-7(2)4-8(5-13-17)14-10(9)15/h4-6,17H,3H2,1-2H3/b13-5-. The van der Waals surface area contributed by atoms with E-state index in [1.165, 1.54) is 16.9 Å². The van der Waals surface area contributed by atoms with Crippen LogP contribution in [0.4, 0.5) is 0 Å². The highest BCUT2D eigenvalue weighted by Gasteiger charge is 2.16. The van der Waals surface area contributed by atoms with Gasteiger partial charge >= 0.3 is 5.97 Å². The molecule has 0 aliphatic carbocycles. The van der Waals surface area contributed by atoms with Gasteiger partial charge in [-0.1, -0.05) is 5.16 Å². The molecule has 2 heterocycles. The molecule has 94 valence electrons. The van der Waals surface area contributed by atoms with Gasteiger partial charge in [-0.3, -0.25) is 0 Å². The molecule has 0 aliphatic rings. The molecule has 18 heavy (non-hydrogen) atoms. The molecule has 0 aliphatic heterocycles. The van der Waals surface area contributed by atoms with E-state index in [4.69, 9.17) is 9.94 Å². The summed E-state index contributed by atoms with van der Waals surface area (Å²) in [7, 11) is 0. The van der Waals surface area contributed by atoms with Gasteiger partial charge in [0.25, 0.3) is 0 Å². The van der Waals surface area contributed by atoms with Crippen molar-refractivity contribution in [3.63, 3.8) is 0 Å². The molecule has 2 rings (SSSR count). The molecule has 7 heteroatoms. The summed E-state index contributed by atoms with van der Waals surface area (Å²) in [6.07, 6.45) is 2.60. The van der Waals surface area contributed by atoms with Crippen LogP contribution in [0.25, 0.3) is 5.65 Å². The molecule has 2 aromatic rings. The molecule has 0 atom stereocenters. The normalized spacial score (nSPS) is 11.2. The van der Waals surface area contributed by atoms with E-state index >= 15 is 0 Å². The van der Waals surface area contributed by atoms with Crippen LogP contribution in [-0.2, 0) is 4.74 Å². The molecule has 0 spiro atoms. The van der Waals surface area contributed by atoms with Gasteiger partial charge in [0.2, 0.25) is 0 Å². The van der Waals surface area contributed by atoms with Gasteiger partial charge in [-0.2, -0.15) is 5.10 Å². The summed E-state index contributed by atoms with van der Waals surface area (Å²) < 4.78 is 6.45. The number of carbonyl (C=O) groups excluding carboxylic acids is 1. The largest absolute Gasteiger partial charge is 0.462 e. The molecular weight excluding hydrogens is 236 g/mol. The van der Waals surface area contributed by atoms with Gasteiger partial charge in [-0.05, 0) is 19.9 Å². The first-order chi connectivity index (χ1) is 8.67. The second-order valence-corrected chi connectivity index (χ2v) is 3.58. The van der Waals surface area contributed by atoms with Gasteiger partial charge < -0.3 is 9.94 Å². The Balaban J connectivity index is 2.59. The molecule has 7 nitrogen and oxygen atoms in total. The third-order valence-corrected chi connectivity index (χ3v) is 2.36. The number of oxime groups is 1. The maximum absolute atomic E-state index is 11.7. The zero-order valence-corrected chi connectivity index (χ0v) is 9.99. The Morgan fingerprint density at radius 1 is 1.67 bits per heavy atom. The monoisotopic (exact) mass is 248 g/mol. The summed E-state index contributed by atoms with van der Waals surface area (Å²) >= 11 is 0. The Bertz CT molecular complexity index is 618. The molecule has 0 radical (unpaired) electrons. The number of aromatic nitrogens is 3. The molecule has 1 N–H and O–H groups in total. The van der Waals surface area contributed by atoms with Crippen LogP contribution in [0.2, 0.25) is 0 Å². The van der Waals surface area contributed by atoms with E-state index in [9.17, 15) is 4.79 Å². The molecule has 0 amide bonds. The van der Waals surface area contributed by atoms with Crippen molar-refractivity contribution in [1.29, 1.82) is 0 Å². The van der Waals surface area contributed by atoms with Crippen molar-refractivity contribution in [2.75, 3.05) is 6.61 Å². The van der Waals surface area contributed by atoms with E-state index in [1.807, 2.05) is 6.92 Å². The first-order valence-corrected chi connectivity index (χ1v) is 5.37. The number of hydrogen-bond donors (Lipinski definition) is 1. The van der Waals surface area contributed by atoms with E-state index in [2.05, 4.69) is 15.2 Å². The Kier molecular flexibility index (Phi) is 3.22. The van der Waals surface area contributed by atoms with E-state index in [-0.39, 0.29) is 12.2 Å². The van der Waals surface area contributed by atoms with Crippen LogP contribution in [0.3, 0.4) is 0 Å². The zero-order chi connectivity index (χ0) is 13.1. The SMILES string of the molecule is CCOC(=O)c1cnn2c(C)cc(/C=N\O)nc12. The fourth-order valence-corrected chi connectivity index (χ4v) is 1.62. The first kappa shape index (κ1) is 12.0. The van der Waals surface area contributed by atoms with Crippen LogP contribution in [0, 0.1) is 6.92 Å². The van der Waals surface area contributed by atoms with Gasteiger partial charge in [-0.25, -0.2) is 14.3 Å². The van der Waals surface area contributed by atoms with E-state index in [0.717, 1.165) is 5.69 Å².